The number of carbonyl (C=O) groups is 1. The van der Waals surface area contributed by atoms with Gasteiger partial charge in [0, 0.05) is 13.0 Å². The molecule has 1 aliphatic heterocycles. The van der Waals surface area contributed by atoms with Crippen LogP contribution in [0.5, 0.6) is 0 Å². The number of ether oxygens (including phenoxy) is 1. The number of hydrogen-bond acceptors (Lipinski definition) is 4. The summed E-state index contributed by atoms with van der Waals surface area (Å²) in [5.41, 5.74) is -0.389. The first-order valence-corrected chi connectivity index (χ1v) is 9.47. The van der Waals surface area contributed by atoms with Gasteiger partial charge in [-0.1, -0.05) is 30.3 Å². The first-order valence-electron chi connectivity index (χ1n) is 7.71. The van der Waals surface area contributed by atoms with Crippen molar-refractivity contribution in [3.8, 4) is 0 Å². The molecule has 3 atom stereocenters. The molecule has 2 rings (SSSR count). The molecular formula is C16H23O6P. The smallest absolute Gasteiger partial charge is 0.333 e. The minimum atomic E-state index is -3.92. The van der Waals surface area contributed by atoms with E-state index >= 15 is 0 Å². The maximum Gasteiger partial charge on any atom is 0.333 e. The predicted octanol–water partition coefficient (Wildman–Crippen LogP) is 3.19. The number of hydrogen-bond donors (Lipinski definition) is 2. The van der Waals surface area contributed by atoms with Gasteiger partial charge in [0.1, 0.15) is 5.60 Å². The van der Waals surface area contributed by atoms with Crippen molar-refractivity contribution in [1.82, 2.24) is 0 Å². The van der Waals surface area contributed by atoms with Gasteiger partial charge < -0.3 is 14.7 Å². The van der Waals surface area contributed by atoms with Gasteiger partial charge in [0.25, 0.3) is 0 Å². The highest BCUT2D eigenvalue weighted by atomic mass is 31.2. The molecule has 1 aromatic carbocycles. The zero-order valence-corrected chi connectivity index (χ0v) is 14.1. The highest BCUT2D eigenvalue weighted by molar-refractivity contribution is 7.52. The molecule has 23 heavy (non-hydrogen) atoms. The van der Waals surface area contributed by atoms with E-state index in [1.807, 2.05) is 6.07 Å². The SMILES string of the molecule is CC(CCC(=O)O)(OP(=O)(O)Cc1ccccc1)C1CCCO1. The van der Waals surface area contributed by atoms with Crippen molar-refractivity contribution >= 4 is 13.6 Å². The van der Waals surface area contributed by atoms with Crippen molar-refractivity contribution in [2.24, 2.45) is 0 Å². The number of carboxylic acids is 1. The molecule has 0 aromatic heterocycles. The van der Waals surface area contributed by atoms with E-state index in [0.29, 0.717) is 18.6 Å². The summed E-state index contributed by atoms with van der Waals surface area (Å²) in [6.07, 6.45) is 1.06. The van der Waals surface area contributed by atoms with Crippen molar-refractivity contribution < 1.29 is 28.6 Å². The summed E-state index contributed by atoms with van der Waals surface area (Å²) in [6, 6.07) is 8.92. The van der Waals surface area contributed by atoms with Gasteiger partial charge in [0.05, 0.1) is 12.3 Å². The summed E-state index contributed by atoms with van der Waals surface area (Å²) in [5.74, 6) is -0.964. The van der Waals surface area contributed by atoms with E-state index in [9.17, 15) is 14.3 Å². The Balaban J connectivity index is 2.11. The standard InChI is InChI=1S/C16H23O6P/c1-16(10-9-15(17)18,14-8-5-11-21-14)22-23(19,20)12-13-6-3-2-4-7-13/h2-4,6-7,14H,5,8-12H2,1H3,(H,17,18)(H,19,20). The molecule has 0 radical (unpaired) electrons. The first-order chi connectivity index (χ1) is 10.8. The third kappa shape index (κ3) is 5.43. The zero-order chi connectivity index (χ0) is 16.9. The maximum atomic E-state index is 12.5. The topological polar surface area (TPSA) is 93.1 Å². The van der Waals surface area contributed by atoms with Gasteiger partial charge in [-0.15, -0.1) is 0 Å². The number of rotatable bonds is 8. The summed E-state index contributed by atoms with van der Waals surface area (Å²) in [7, 11) is -3.92. The fourth-order valence-corrected chi connectivity index (χ4v) is 4.45. The molecule has 1 heterocycles. The molecule has 1 saturated heterocycles. The van der Waals surface area contributed by atoms with Crippen LogP contribution in [0.15, 0.2) is 30.3 Å². The molecule has 0 spiro atoms. The quantitative estimate of drug-likeness (QED) is 0.705. The molecule has 6 nitrogen and oxygen atoms in total. The van der Waals surface area contributed by atoms with Gasteiger partial charge in [-0.2, -0.15) is 0 Å². The second-order valence-electron chi connectivity index (χ2n) is 6.08. The van der Waals surface area contributed by atoms with Crippen LogP contribution in [0.4, 0.5) is 0 Å². The Morgan fingerprint density at radius 2 is 2.13 bits per heavy atom. The third-order valence-electron chi connectivity index (χ3n) is 4.02. The zero-order valence-electron chi connectivity index (χ0n) is 13.2. The molecule has 0 amide bonds. The van der Waals surface area contributed by atoms with E-state index in [0.717, 1.165) is 6.42 Å². The second-order valence-corrected chi connectivity index (χ2v) is 7.85. The lowest BCUT2D eigenvalue weighted by Gasteiger charge is -2.36. The van der Waals surface area contributed by atoms with Crippen molar-refractivity contribution in [3.05, 3.63) is 35.9 Å². The van der Waals surface area contributed by atoms with Crippen LogP contribution in [-0.4, -0.2) is 34.3 Å². The molecule has 128 valence electrons. The van der Waals surface area contributed by atoms with Gasteiger partial charge in [0.2, 0.25) is 0 Å². The minimum absolute atomic E-state index is 0.108. The van der Waals surface area contributed by atoms with Crippen molar-refractivity contribution in [3.63, 3.8) is 0 Å². The Kier molecular flexibility index (Phi) is 5.98. The Bertz CT molecular complexity index is 569. The van der Waals surface area contributed by atoms with E-state index in [4.69, 9.17) is 14.4 Å². The molecule has 1 aromatic rings. The minimum Gasteiger partial charge on any atom is -0.481 e. The van der Waals surface area contributed by atoms with Crippen LogP contribution in [0, 0.1) is 0 Å². The van der Waals surface area contributed by atoms with E-state index in [1.165, 1.54) is 0 Å². The summed E-state index contributed by atoms with van der Waals surface area (Å²) in [4.78, 5) is 21.1. The van der Waals surface area contributed by atoms with Crippen molar-refractivity contribution in [2.75, 3.05) is 6.61 Å². The average molecular weight is 342 g/mol. The van der Waals surface area contributed by atoms with Crippen LogP contribution >= 0.6 is 7.60 Å². The van der Waals surface area contributed by atoms with Crippen LogP contribution in [0.3, 0.4) is 0 Å². The molecule has 1 aliphatic rings. The van der Waals surface area contributed by atoms with E-state index in [1.54, 1.807) is 31.2 Å². The van der Waals surface area contributed by atoms with Crippen molar-refractivity contribution in [2.45, 2.75) is 50.5 Å². The Morgan fingerprint density at radius 3 is 2.70 bits per heavy atom. The monoisotopic (exact) mass is 342 g/mol. The van der Waals surface area contributed by atoms with Gasteiger partial charge in [0.15, 0.2) is 0 Å². The highest BCUT2D eigenvalue weighted by Gasteiger charge is 2.43. The largest absolute Gasteiger partial charge is 0.481 e. The molecular weight excluding hydrogens is 319 g/mol. The fourth-order valence-electron chi connectivity index (χ4n) is 2.85. The predicted molar refractivity (Wildman–Crippen MR) is 85.3 cm³/mol. The van der Waals surface area contributed by atoms with Crippen LogP contribution < -0.4 is 0 Å². The second kappa shape index (κ2) is 7.58. The van der Waals surface area contributed by atoms with E-state index < -0.39 is 19.2 Å². The van der Waals surface area contributed by atoms with Crippen LogP contribution in [0.1, 0.15) is 38.2 Å². The maximum absolute atomic E-state index is 12.5. The molecule has 3 unspecified atom stereocenters. The molecule has 1 fully saturated rings. The van der Waals surface area contributed by atoms with Gasteiger partial charge >= 0.3 is 13.6 Å². The summed E-state index contributed by atoms with van der Waals surface area (Å²) < 4.78 is 23.7. The van der Waals surface area contributed by atoms with Gasteiger partial charge in [-0.25, -0.2) is 0 Å². The number of benzene rings is 1. The van der Waals surface area contributed by atoms with Crippen molar-refractivity contribution in [1.29, 1.82) is 0 Å². The molecule has 0 bridgehead atoms. The molecule has 0 saturated carbocycles. The highest BCUT2D eigenvalue weighted by Crippen LogP contribution is 2.52. The number of carboxylic acid groups (broad SMARTS) is 1. The summed E-state index contributed by atoms with van der Waals surface area (Å²) in [5, 5.41) is 8.93. The first kappa shape index (κ1) is 18.1. The van der Waals surface area contributed by atoms with Gasteiger partial charge in [-0.05, 0) is 31.7 Å². The average Bonchev–Trinajstić information content (AvgIpc) is 3.00. The van der Waals surface area contributed by atoms with E-state index in [-0.39, 0.29) is 25.1 Å². The van der Waals surface area contributed by atoms with E-state index in [2.05, 4.69) is 0 Å². The lowest BCUT2D eigenvalue weighted by molar-refractivity contribution is -0.139. The van der Waals surface area contributed by atoms with Crippen LogP contribution in [-0.2, 0) is 24.8 Å². The third-order valence-corrected chi connectivity index (χ3v) is 5.49. The molecule has 2 N–H and O–H groups in total. The Morgan fingerprint density at radius 1 is 1.43 bits per heavy atom. The molecule has 0 aliphatic carbocycles. The lowest BCUT2D eigenvalue weighted by atomic mass is 9.91. The lowest BCUT2D eigenvalue weighted by Crippen LogP contribution is -2.41. The number of aliphatic carboxylic acids is 1. The van der Waals surface area contributed by atoms with Crippen LogP contribution in [0.25, 0.3) is 0 Å². The molecule has 7 heteroatoms. The summed E-state index contributed by atoms with van der Waals surface area (Å²) >= 11 is 0. The summed E-state index contributed by atoms with van der Waals surface area (Å²) in [6.45, 7) is 2.23. The normalized spacial score (nSPS) is 23.1. The van der Waals surface area contributed by atoms with Gasteiger partial charge in [-0.3, -0.25) is 13.9 Å². The fraction of sp³-hybridized carbons (Fsp3) is 0.562. The Labute approximate surface area is 136 Å². The van der Waals surface area contributed by atoms with Crippen LogP contribution in [0.2, 0.25) is 0 Å². The Hall–Kier alpha value is -1.20.